The van der Waals surface area contributed by atoms with Crippen LogP contribution in [0.15, 0.2) is 29.3 Å². The summed E-state index contributed by atoms with van der Waals surface area (Å²) in [5.74, 6) is 1.09. The molecule has 3 aliphatic rings. The predicted molar refractivity (Wildman–Crippen MR) is 123 cm³/mol. The van der Waals surface area contributed by atoms with E-state index in [1.807, 2.05) is 18.2 Å². The zero-order chi connectivity index (χ0) is 21.1. The molecule has 2 N–H and O–H groups in total. The number of fused-ring (bicyclic) bond motifs is 1. The van der Waals surface area contributed by atoms with Gasteiger partial charge in [-0.25, -0.2) is 8.42 Å². The molecule has 1 aromatic rings. The van der Waals surface area contributed by atoms with Crippen LogP contribution >= 0.6 is 11.8 Å². The summed E-state index contributed by atoms with van der Waals surface area (Å²) in [5, 5.41) is 6.99. The third-order valence-corrected chi connectivity index (χ3v) is 9.15. The van der Waals surface area contributed by atoms with E-state index in [2.05, 4.69) is 27.4 Å². The Bertz CT molecular complexity index is 911. The van der Waals surface area contributed by atoms with E-state index in [4.69, 9.17) is 0 Å². The van der Waals surface area contributed by atoms with Crippen LogP contribution in [0.25, 0.3) is 0 Å². The first-order valence-corrected chi connectivity index (χ1v) is 13.4. The van der Waals surface area contributed by atoms with Gasteiger partial charge in [-0.2, -0.15) is 0 Å². The summed E-state index contributed by atoms with van der Waals surface area (Å²) in [6.45, 7) is 6.35. The quantitative estimate of drug-likeness (QED) is 0.646. The van der Waals surface area contributed by atoms with E-state index in [9.17, 15) is 13.2 Å². The molecule has 3 aliphatic heterocycles. The molecule has 164 valence electrons. The highest BCUT2D eigenvalue weighted by atomic mass is 32.2. The van der Waals surface area contributed by atoms with Gasteiger partial charge in [0.25, 0.3) is 5.91 Å². The highest BCUT2D eigenvalue weighted by molar-refractivity contribution is 8.15. The lowest BCUT2D eigenvalue weighted by Crippen LogP contribution is -2.35. The van der Waals surface area contributed by atoms with Gasteiger partial charge in [0.15, 0.2) is 15.0 Å². The van der Waals surface area contributed by atoms with Crippen LogP contribution in [-0.2, 0) is 9.84 Å². The molecule has 0 radical (unpaired) electrons. The molecule has 0 bridgehead atoms. The van der Waals surface area contributed by atoms with Gasteiger partial charge < -0.3 is 15.5 Å². The number of carbonyl (C=O) groups is 1. The standard InChI is InChI=1S/C21H30N4O3S2/c1-15-6-10-25(11-7-15)9-3-8-22-20(26)16-4-2-5-17(12-16)23-21-24-18-13-30(27,28)14-19(18)29-21/h2,4-5,12,15,18-19H,3,6-11,13-14H2,1H3,(H,22,26)(H,23,24)/t18-,19+/m1/s1. The summed E-state index contributed by atoms with van der Waals surface area (Å²) in [5.41, 5.74) is 1.40. The Labute approximate surface area is 183 Å². The molecule has 0 spiro atoms. The second kappa shape index (κ2) is 9.28. The van der Waals surface area contributed by atoms with Gasteiger partial charge in [-0.05, 0) is 63.0 Å². The number of rotatable bonds is 6. The summed E-state index contributed by atoms with van der Waals surface area (Å²) in [7, 11) is -2.95. The second-order valence-electron chi connectivity index (χ2n) is 8.57. The van der Waals surface area contributed by atoms with Gasteiger partial charge in [-0.3, -0.25) is 9.79 Å². The zero-order valence-corrected chi connectivity index (χ0v) is 19.0. The summed E-state index contributed by atoms with van der Waals surface area (Å²) >= 11 is 1.48. The Hall–Kier alpha value is -1.58. The Morgan fingerprint density at radius 2 is 2.07 bits per heavy atom. The Balaban J connectivity index is 1.24. The Kier molecular flexibility index (Phi) is 6.69. The number of hydrogen-bond donors (Lipinski definition) is 2. The van der Waals surface area contributed by atoms with Crippen LogP contribution in [0.2, 0.25) is 0 Å². The Morgan fingerprint density at radius 1 is 1.27 bits per heavy atom. The van der Waals surface area contributed by atoms with E-state index in [-0.39, 0.29) is 28.7 Å². The van der Waals surface area contributed by atoms with E-state index in [0.717, 1.165) is 29.7 Å². The maximum Gasteiger partial charge on any atom is 0.251 e. The fraction of sp³-hybridized carbons (Fsp3) is 0.619. The van der Waals surface area contributed by atoms with E-state index < -0.39 is 9.84 Å². The largest absolute Gasteiger partial charge is 0.352 e. The average Bonchev–Trinajstić information content (AvgIpc) is 3.19. The SMILES string of the molecule is CC1CCN(CCCNC(=O)c2cccc(NC3=N[C@@H]4CS(=O)(=O)C[C@@H]4S3)c2)CC1. The molecule has 1 amide bonds. The third-order valence-electron chi connectivity index (χ3n) is 6.01. The predicted octanol–water partition coefficient (Wildman–Crippen LogP) is 2.22. The van der Waals surface area contributed by atoms with Gasteiger partial charge in [0.05, 0.1) is 17.5 Å². The van der Waals surface area contributed by atoms with Crippen molar-refractivity contribution in [1.82, 2.24) is 10.2 Å². The third kappa shape index (κ3) is 5.56. The lowest BCUT2D eigenvalue weighted by atomic mass is 9.99. The Morgan fingerprint density at radius 3 is 2.83 bits per heavy atom. The van der Waals surface area contributed by atoms with E-state index >= 15 is 0 Å². The van der Waals surface area contributed by atoms with Crippen LogP contribution in [0.3, 0.4) is 0 Å². The first-order chi connectivity index (χ1) is 14.4. The molecule has 0 aliphatic carbocycles. The first kappa shape index (κ1) is 21.6. The molecule has 0 saturated carbocycles. The van der Waals surface area contributed by atoms with Crippen LogP contribution in [0, 0.1) is 5.92 Å². The number of nitrogens with zero attached hydrogens (tertiary/aromatic N) is 2. The minimum Gasteiger partial charge on any atom is -0.352 e. The second-order valence-corrected chi connectivity index (χ2v) is 12.0. The fourth-order valence-electron chi connectivity index (χ4n) is 4.17. The van der Waals surface area contributed by atoms with Crippen molar-refractivity contribution >= 4 is 38.4 Å². The molecule has 1 aromatic carbocycles. The molecule has 2 fully saturated rings. The molecule has 2 atom stereocenters. The van der Waals surface area contributed by atoms with Gasteiger partial charge in [0.1, 0.15) is 0 Å². The number of amides is 1. The number of thioether (sulfide) groups is 1. The number of nitrogens with one attached hydrogen (secondary N) is 2. The smallest absolute Gasteiger partial charge is 0.251 e. The molecule has 4 rings (SSSR count). The van der Waals surface area contributed by atoms with Crippen LogP contribution < -0.4 is 10.6 Å². The molecule has 0 aromatic heterocycles. The molecule has 3 heterocycles. The summed E-state index contributed by atoms with van der Waals surface area (Å²) in [6, 6.07) is 7.20. The molecule has 0 unspecified atom stereocenters. The number of aliphatic imine (C=N–C) groups is 1. The summed E-state index contributed by atoms with van der Waals surface area (Å²) in [6.07, 6.45) is 3.50. The van der Waals surface area contributed by atoms with Crippen molar-refractivity contribution in [2.45, 2.75) is 37.5 Å². The number of benzene rings is 1. The number of sulfone groups is 1. The number of amidine groups is 1. The van der Waals surface area contributed by atoms with Gasteiger partial charge in [-0.15, -0.1) is 0 Å². The molecule has 7 nitrogen and oxygen atoms in total. The normalized spacial score (nSPS) is 26.2. The molecular formula is C21H30N4O3S2. The minimum atomic E-state index is -2.95. The fourth-order valence-corrected chi connectivity index (χ4v) is 7.85. The van der Waals surface area contributed by atoms with Crippen LogP contribution in [0.4, 0.5) is 5.69 Å². The number of anilines is 1. The van der Waals surface area contributed by atoms with Crippen LogP contribution in [0.1, 0.15) is 36.5 Å². The van der Waals surface area contributed by atoms with Crippen molar-refractivity contribution in [3.8, 4) is 0 Å². The number of hydrogen-bond acceptors (Lipinski definition) is 7. The minimum absolute atomic E-state index is 0.00657. The molecule has 2 saturated heterocycles. The van der Waals surface area contributed by atoms with Crippen molar-refractivity contribution in [2.75, 3.05) is 43.0 Å². The number of carbonyl (C=O) groups excluding carboxylic acids is 1. The lowest BCUT2D eigenvalue weighted by Gasteiger charge is -2.30. The monoisotopic (exact) mass is 450 g/mol. The molecular weight excluding hydrogens is 420 g/mol. The highest BCUT2D eigenvalue weighted by Crippen LogP contribution is 2.34. The molecule has 30 heavy (non-hydrogen) atoms. The maximum atomic E-state index is 12.5. The number of likely N-dealkylation sites (tertiary alicyclic amines) is 1. The maximum absolute atomic E-state index is 12.5. The van der Waals surface area contributed by atoms with Crippen molar-refractivity contribution in [3.05, 3.63) is 29.8 Å². The average molecular weight is 451 g/mol. The van der Waals surface area contributed by atoms with E-state index in [0.29, 0.717) is 12.1 Å². The van der Waals surface area contributed by atoms with Crippen LogP contribution in [-0.4, -0.2) is 73.4 Å². The van der Waals surface area contributed by atoms with Gasteiger partial charge in [-0.1, -0.05) is 24.8 Å². The van der Waals surface area contributed by atoms with Crippen molar-refractivity contribution in [1.29, 1.82) is 0 Å². The summed E-state index contributed by atoms with van der Waals surface area (Å²) < 4.78 is 23.4. The topological polar surface area (TPSA) is 90.9 Å². The summed E-state index contributed by atoms with van der Waals surface area (Å²) in [4.78, 5) is 19.5. The van der Waals surface area contributed by atoms with Gasteiger partial charge >= 0.3 is 0 Å². The highest BCUT2D eigenvalue weighted by Gasteiger charge is 2.42. The first-order valence-electron chi connectivity index (χ1n) is 10.7. The molecule has 9 heteroatoms. The van der Waals surface area contributed by atoms with Crippen molar-refractivity contribution in [3.63, 3.8) is 0 Å². The van der Waals surface area contributed by atoms with Crippen molar-refractivity contribution in [2.24, 2.45) is 10.9 Å². The zero-order valence-electron chi connectivity index (χ0n) is 17.3. The number of piperidine rings is 1. The van der Waals surface area contributed by atoms with Gasteiger partial charge in [0.2, 0.25) is 0 Å². The van der Waals surface area contributed by atoms with Crippen molar-refractivity contribution < 1.29 is 13.2 Å². The van der Waals surface area contributed by atoms with Gasteiger partial charge in [0, 0.05) is 23.0 Å². The van der Waals surface area contributed by atoms with E-state index in [1.54, 1.807) is 6.07 Å². The van der Waals surface area contributed by atoms with E-state index in [1.165, 1.54) is 37.7 Å². The lowest BCUT2D eigenvalue weighted by molar-refractivity contribution is 0.0950. The van der Waals surface area contributed by atoms with Crippen LogP contribution in [0.5, 0.6) is 0 Å².